The number of rotatable bonds is 25. The van der Waals surface area contributed by atoms with Gasteiger partial charge < -0.3 is 33.2 Å². The molecular weight excluding hydrogens is 420 g/mol. The summed E-state index contributed by atoms with van der Waals surface area (Å²) in [6, 6.07) is 0. The van der Waals surface area contributed by atoms with Crippen LogP contribution in [-0.2, 0) is 42.7 Å². The number of esters is 2. The highest BCUT2D eigenvalue weighted by Gasteiger charge is 2.02. The van der Waals surface area contributed by atoms with Crippen LogP contribution >= 0.6 is 0 Å². The van der Waals surface area contributed by atoms with E-state index in [1.165, 1.54) is 0 Å². The predicted molar refractivity (Wildman–Crippen MR) is 120 cm³/mol. The van der Waals surface area contributed by atoms with Crippen molar-refractivity contribution in [1.82, 2.24) is 0 Å². The van der Waals surface area contributed by atoms with Crippen molar-refractivity contribution >= 4 is 11.9 Å². The smallest absolute Gasteiger partial charge is 0.305 e. The molecule has 0 N–H and O–H groups in total. The summed E-state index contributed by atoms with van der Waals surface area (Å²) >= 11 is 0. The highest BCUT2D eigenvalue weighted by Crippen LogP contribution is 2.03. The minimum absolute atomic E-state index is 0.153. The Bertz CT molecular complexity index is 418. The van der Waals surface area contributed by atoms with Crippen molar-refractivity contribution in [3.8, 4) is 0 Å². The number of carbonyl (C=O) groups excluding carboxylic acids is 2. The van der Waals surface area contributed by atoms with E-state index in [1.807, 2.05) is 6.92 Å². The second kappa shape index (κ2) is 26.0. The van der Waals surface area contributed by atoms with Gasteiger partial charge in [-0.05, 0) is 12.8 Å². The second-order valence-corrected chi connectivity index (χ2v) is 7.06. The van der Waals surface area contributed by atoms with Crippen LogP contribution in [0.25, 0.3) is 0 Å². The molecule has 0 saturated heterocycles. The van der Waals surface area contributed by atoms with Crippen LogP contribution in [0.15, 0.2) is 0 Å². The molecule has 0 aromatic rings. The van der Waals surface area contributed by atoms with Gasteiger partial charge in [-0.15, -0.1) is 0 Å². The van der Waals surface area contributed by atoms with E-state index >= 15 is 0 Å². The summed E-state index contributed by atoms with van der Waals surface area (Å²) in [5.41, 5.74) is 0. The Morgan fingerprint density at radius 1 is 0.438 bits per heavy atom. The molecule has 0 aliphatic carbocycles. The molecule has 0 unspecified atom stereocenters. The van der Waals surface area contributed by atoms with Crippen molar-refractivity contribution in [2.45, 2.75) is 58.8 Å². The Morgan fingerprint density at radius 2 is 0.812 bits per heavy atom. The maximum Gasteiger partial charge on any atom is 0.305 e. The lowest BCUT2D eigenvalue weighted by Gasteiger charge is -2.08. The summed E-state index contributed by atoms with van der Waals surface area (Å²) in [4.78, 5) is 22.6. The first kappa shape index (κ1) is 30.7. The predicted octanol–water partition coefficient (Wildman–Crippen LogP) is 2.93. The molecule has 0 spiro atoms. The van der Waals surface area contributed by atoms with Crippen molar-refractivity contribution in [3.63, 3.8) is 0 Å². The van der Waals surface area contributed by atoms with Crippen molar-refractivity contribution < 1.29 is 42.7 Å². The third-order valence-electron chi connectivity index (χ3n) is 4.16. The van der Waals surface area contributed by atoms with E-state index in [9.17, 15) is 9.59 Å². The van der Waals surface area contributed by atoms with Gasteiger partial charge in [0.2, 0.25) is 0 Å². The van der Waals surface area contributed by atoms with Gasteiger partial charge in [0.05, 0.1) is 66.1 Å². The fourth-order valence-corrected chi connectivity index (χ4v) is 2.46. The van der Waals surface area contributed by atoms with E-state index in [0.29, 0.717) is 78.9 Å². The lowest BCUT2D eigenvalue weighted by atomic mass is 10.2. The number of ether oxygens (including phenoxy) is 7. The van der Waals surface area contributed by atoms with Crippen LogP contribution in [0.2, 0.25) is 0 Å². The molecule has 0 aromatic carbocycles. The van der Waals surface area contributed by atoms with E-state index in [2.05, 4.69) is 6.92 Å². The molecule has 0 atom stereocenters. The summed E-state index contributed by atoms with van der Waals surface area (Å²) in [5, 5.41) is 0. The normalized spacial score (nSPS) is 10.9. The third-order valence-corrected chi connectivity index (χ3v) is 4.16. The molecule has 0 fully saturated rings. The third kappa shape index (κ3) is 25.0. The Balaban J connectivity index is 3.12. The topological polar surface area (TPSA) is 98.8 Å². The average molecular weight is 465 g/mol. The molecule has 9 nitrogen and oxygen atoms in total. The molecule has 0 heterocycles. The van der Waals surface area contributed by atoms with Crippen LogP contribution in [0.1, 0.15) is 58.8 Å². The fraction of sp³-hybridized carbons (Fsp3) is 0.913. The van der Waals surface area contributed by atoms with E-state index in [4.69, 9.17) is 33.2 Å². The van der Waals surface area contributed by atoms with Gasteiger partial charge in [0.15, 0.2) is 0 Å². The lowest BCUT2D eigenvalue weighted by Crippen LogP contribution is -2.15. The molecular formula is C23H44O9. The van der Waals surface area contributed by atoms with Gasteiger partial charge in [-0.1, -0.05) is 33.1 Å². The zero-order valence-electron chi connectivity index (χ0n) is 20.1. The zero-order chi connectivity index (χ0) is 23.5. The van der Waals surface area contributed by atoms with Crippen LogP contribution in [0.3, 0.4) is 0 Å². The maximum absolute atomic E-state index is 11.5. The number of hydrogen-bond acceptors (Lipinski definition) is 9. The molecule has 0 aromatic heterocycles. The Labute approximate surface area is 193 Å². The highest BCUT2D eigenvalue weighted by atomic mass is 16.6. The van der Waals surface area contributed by atoms with Crippen molar-refractivity contribution in [2.75, 3.05) is 79.3 Å². The van der Waals surface area contributed by atoms with E-state index in [-0.39, 0.29) is 25.2 Å². The largest absolute Gasteiger partial charge is 0.463 e. The van der Waals surface area contributed by atoms with Crippen LogP contribution < -0.4 is 0 Å². The first-order chi connectivity index (χ1) is 15.7. The van der Waals surface area contributed by atoms with Gasteiger partial charge in [0.1, 0.15) is 13.2 Å². The summed E-state index contributed by atoms with van der Waals surface area (Å²) < 4.78 is 36.9. The highest BCUT2D eigenvalue weighted by molar-refractivity contribution is 5.69. The second-order valence-electron chi connectivity index (χ2n) is 7.06. The van der Waals surface area contributed by atoms with E-state index in [0.717, 1.165) is 32.1 Å². The summed E-state index contributed by atoms with van der Waals surface area (Å²) in [6.45, 7) is 9.16. The van der Waals surface area contributed by atoms with Crippen LogP contribution in [0.4, 0.5) is 0 Å². The van der Waals surface area contributed by atoms with Gasteiger partial charge in [0, 0.05) is 12.8 Å². The van der Waals surface area contributed by atoms with Crippen molar-refractivity contribution in [3.05, 3.63) is 0 Å². The first-order valence-electron chi connectivity index (χ1n) is 11.9. The molecule has 0 bridgehead atoms. The minimum Gasteiger partial charge on any atom is -0.463 e. The standard InChI is InChI=1S/C23H44O9/c1-3-5-6-7-9-23(25)32-21-19-30-17-15-28-13-11-26-10-12-27-14-16-29-18-20-31-22(24)8-4-2/h3-21H2,1-2H3. The van der Waals surface area contributed by atoms with Gasteiger partial charge in [-0.3, -0.25) is 9.59 Å². The lowest BCUT2D eigenvalue weighted by molar-refractivity contribution is -0.146. The molecule has 0 aliphatic heterocycles. The van der Waals surface area contributed by atoms with Gasteiger partial charge in [-0.25, -0.2) is 0 Å². The quantitative estimate of drug-likeness (QED) is 0.149. The molecule has 190 valence electrons. The van der Waals surface area contributed by atoms with E-state index < -0.39 is 0 Å². The van der Waals surface area contributed by atoms with Crippen LogP contribution in [0, 0.1) is 0 Å². The molecule has 9 heteroatoms. The van der Waals surface area contributed by atoms with E-state index in [1.54, 1.807) is 0 Å². The Kier molecular flexibility index (Phi) is 25.0. The summed E-state index contributed by atoms with van der Waals surface area (Å²) in [5.74, 6) is -0.341. The summed E-state index contributed by atoms with van der Waals surface area (Å²) in [6.07, 6.45) is 6.00. The SMILES string of the molecule is CCCCCCC(=O)OCCOCCOCCOCCOCCOCCOC(=O)CCC. The summed E-state index contributed by atoms with van der Waals surface area (Å²) in [7, 11) is 0. The Hall–Kier alpha value is -1.26. The van der Waals surface area contributed by atoms with Gasteiger partial charge >= 0.3 is 11.9 Å². The monoisotopic (exact) mass is 464 g/mol. The van der Waals surface area contributed by atoms with Crippen molar-refractivity contribution in [1.29, 1.82) is 0 Å². The number of unbranched alkanes of at least 4 members (excludes halogenated alkanes) is 3. The molecule has 0 saturated carbocycles. The van der Waals surface area contributed by atoms with Crippen LogP contribution in [0.5, 0.6) is 0 Å². The molecule has 0 aliphatic rings. The van der Waals surface area contributed by atoms with Gasteiger partial charge in [-0.2, -0.15) is 0 Å². The number of carbonyl (C=O) groups is 2. The fourth-order valence-electron chi connectivity index (χ4n) is 2.46. The molecule has 0 radical (unpaired) electrons. The average Bonchev–Trinajstić information content (AvgIpc) is 2.78. The zero-order valence-corrected chi connectivity index (χ0v) is 20.1. The van der Waals surface area contributed by atoms with Crippen molar-refractivity contribution in [2.24, 2.45) is 0 Å². The maximum atomic E-state index is 11.5. The molecule has 0 amide bonds. The molecule has 32 heavy (non-hydrogen) atoms. The number of hydrogen-bond donors (Lipinski definition) is 0. The first-order valence-corrected chi connectivity index (χ1v) is 11.9. The van der Waals surface area contributed by atoms with Crippen LogP contribution in [-0.4, -0.2) is 91.2 Å². The molecule has 0 rings (SSSR count). The van der Waals surface area contributed by atoms with Gasteiger partial charge in [0.25, 0.3) is 0 Å². The minimum atomic E-state index is -0.188. The Morgan fingerprint density at radius 3 is 1.19 bits per heavy atom.